The lowest BCUT2D eigenvalue weighted by Crippen LogP contribution is -2.33. The van der Waals surface area contributed by atoms with E-state index in [9.17, 15) is 22.8 Å². The Balaban J connectivity index is 1.84. The number of carbonyl (C=O) groups is 2. The van der Waals surface area contributed by atoms with Gasteiger partial charge >= 0.3 is 0 Å². The van der Waals surface area contributed by atoms with Crippen LogP contribution >= 0.6 is 0 Å². The zero-order valence-corrected chi connectivity index (χ0v) is 13.8. The Morgan fingerprint density at radius 3 is 2.54 bits per heavy atom. The number of halogens is 3. The van der Waals surface area contributed by atoms with E-state index in [4.69, 9.17) is 0 Å². The molecule has 3 rings (SSSR count). The molecule has 0 spiro atoms. The third-order valence-corrected chi connectivity index (χ3v) is 4.16. The van der Waals surface area contributed by atoms with Gasteiger partial charge in [-0.1, -0.05) is 24.3 Å². The molecule has 1 aliphatic heterocycles. The number of rotatable bonds is 3. The lowest BCUT2D eigenvalue weighted by atomic mass is 9.93. The van der Waals surface area contributed by atoms with Crippen LogP contribution in [0.1, 0.15) is 30.5 Å². The fourth-order valence-electron chi connectivity index (χ4n) is 2.91. The highest BCUT2D eigenvalue weighted by atomic mass is 19.2. The monoisotopic (exact) mass is 360 g/mol. The topological polar surface area (TPSA) is 49.4 Å². The summed E-state index contributed by atoms with van der Waals surface area (Å²) in [6.45, 7) is 1.37. The molecule has 1 unspecified atom stereocenters. The van der Waals surface area contributed by atoms with Crippen LogP contribution < -0.4 is 5.32 Å². The van der Waals surface area contributed by atoms with E-state index < -0.39 is 35.1 Å². The smallest absolute Gasteiger partial charge is 0.226 e. The minimum atomic E-state index is -1.65. The number of nitrogens with one attached hydrogen (secondary N) is 1. The quantitative estimate of drug-likeness (QED) is 0.841. The second-order valence-corrected chi connectivity index (χ2v) is 5.86. The van der Waals surface area contributed by atoms with Gasteiger partial charge in [-0.25, -0.2) is 13.2 Å². The Bertz CT molecular complexity index is 912. The molecule has 1 atom stereocenters. The normalized spacial score (nSPS) is 15.5. The van der Waals surface area contributed by atoms with Gasteiger partial charge < -0.3 is 10.2 Å². The number of amides is 2. The molecule has 4 nitrogen and oxygen atoms in total. The minimum absolute atomic E-state index is 0.167. The van der Waals surface area contributed by atoms with Crippen molar-refractivity contribution in [1.82, 2.24) is 4.90 Å². The van der Waals surface area contributed by atoms with Crippen LogP contribution in [0.3, 0.4) is 0 Å². The number of hydrogen-bond donors (Lipinski definition) is 1. The Morgan fingerprint density at radius 1 is 1.08 bits per heavy atom. The molecule has 7 heteroatoms. The minimum Gasteiger partial charge on any atom is -0.323 e. The Kier molecular flexibility index (Phi) is 4.79. The molecule has 1 aliphatic rings. The van der Waals surface area contributed by atoms with Crippen molar-refractivity contribution in [3.05, 3.63) is 71.2 Å². The molecule has 2 aromatic rings. The predicted octanol–water partition coefficient (Wildman–Crippen LogP) is 4.01. The molecule has 1 N–H and O–H groups in total. The average molecular weight is 360 g/mol. The predicted molar refractivity (Wildman–Crippen MR) is 90.3 cm³/mol. The molecule has 1 heterocycles. The Morgan fingerprint density at radius 2 is 1.81 bits per heavy atom. The fourth-order valence-corrected chi connectivity index (χ4v) is 2.91. The van der Waals surface area contributed by atoms with Crippen molar-refractivity contribution in [2.75, 3.05) is 5.32 Å². The number of nitrogens with zero attached hydrogens (tertiary/aromatic N) is 1. The molecule has 134 valence electrons. The highest BCUT2D eigenvalue weighted by molar-refractivity contribution is 5.92. The van der Waals surface area contributed by atoms with Crippen LogP contribution in [0.25, 0.3) is 6.08 Å². The van der Waals surface area contributed by atoms with Crippen LogP contribution in [0.15, 0.2) is 42.6 Å². The van der Waals surface area contributed by atoms with Crippen molar-refractivity contribution in [2.45, 2.75) is 19.4 Å². The molecule has 2 amide bonds. The highest BCUT2D eigenvalue weighted by Gasteiger charge is 2.28. The van der Waals surface area contributed by atoms with Gasteiger partial charge in [0, 0.05) is 13.1 Å². The molecule has 2 aromatic carbocycles. The van der Waals surface area contributed by atoms with E-state index in [0.717, 1.165) is 23.3 Å². The standard InChI is InChI=1S/C19H15F3N2O2/c1-11(25)24-9-8-12-4-2-3-5-13(12)16(24)10-17(26)23-15-7-6-14(20)18(21)19(15)22/h2-9,16H,10H2,1H3,(H,23,26). The van der Waals surface area contributed by atoms with Crippen molar-refractivity contribution >= 4 is 23.6 Å². The van der Waals surface area contributed by atoms with E-state index in [-0.39, 0.29) is 12.3 Å². The van der Waals surface area contributed by atoms with Gasteiger partial charge in [0.1, 0.15) is 0 Å². The van der Waals surface area contributed by atoms with Gasteiger partial charge in [-0.05, 0) is 29.3 Å². The summed E-state index contributed by atoms with van der Waals surface area (Å²) in [5, 5.41) is 2.23. The van der Waals surface area contributed by atoms with Gasteiger partial charge in [-0.15, -0.1) is 0 Å². The van der Waals surface area contributed by atoms with Crippen molar-refractivity contribution in [2.24, 2.45) is 0 Å². The summed E-state index contributed by atoms with van der Waals surface area (Å²) in [5.41, 5.74) is 1.18. The summed E-state index contributed by atoms with van der Waals surface area (Å²) in [7, 11) is 0. The van der Waals surface area contributed by atoms with Gasteiger partial charge in [-0.2, -0.15) is 0 Å². The first kappa shape index (κ1) is 17.7. The van der Waals surface area contributed by atoms with Crippen LogP contribution in [-0.4, -0.2) is 16.7 Å². The Hall–Kier alpha value is -3.09. The molecule has 0 radical (unpaired) electrons. The summed E-state index contributed by atoms with van der Waals surface area (Å²) in [5.74, 6) is -5.34. The summed E-state index contributed by atoms with van der Waals surface area (Å²) in [6, 6.07) is 8.37. The molecule has 0 aliphatic carbocycles. The van der Waals surface area contributed by atoms with Crippen molar-refractivity contribution in [3.63, 3.8) is 0 Å². The lowest BCUT2D eigenvalue weighted by molar-refractivity contribution is -0.129. The van der Waals surface area contributed by atoms with E-state index >= 15 is 0 Å². The average Bonchev–Trinajstić information content (AvgIpc) is 2.62. The lowest BCUT2D eigenvalue weighted by Gasteiger charge is -2.32. The number of anilines is 1. The largest absolute Gasteiger partial charge is 0.323 e. The molecule has 0 saturated heterocycles. The van der Waals surface area contributed by atoms with Crippen molar-refractivity contribution in [1.29, 1.82) is 0 Å². The second-order valence-electron chi connectivity index (χ2n) is 5.86. The summed E-state index contributed by atoms with van der Waals surface area (Å²) >= 11 is 0. The molecular formula is C19H15F3N2O2. The summed E-state index contributed by atoms with van der Waals surface area (Å²) < 4.78 is 40.0. The van der Waals surface area contributed by atoms with Crippen LogP contribution in [0.5, 0.6) is 0 Å². The van der Waals surface area contributed by atoms with Gasteiger partial charge in [0.2, 0.25) is 11.8 Å². The van der Waals surface area contributed by atoms with Gasteiger partial charge in [0.05, 0.1) is 18.2 Å². The van der Waals surface area contributed by atoms with Gasteiger partial charge in [0.25, 0.3) is 0 Å². The zero-order valence-electron chi connectivity index (χ0n) is 13.8. The summed E-state index contributed by atoms with van der Waals surface area (Å²) in [6.07, 6.45) is 3.18. The second kappa shape index (κ2) is 7.03. The molecular weight excluding hydrogens is 345 g/mol. The van der Waals surface area contributed by atoms with E-state index in [0.29, 0.717) is 0 Å². The first-order valence-electron chi connectivity index (χ1n) is 7.88. The fraction of sp³-hybridized carbons (Fsp3) is 0.158. The number of benzene rings is 2. The Labute approximate surface area is 147 Å². The van der Waals surface area contributed by atoms with E-state index in [1.54, 1.807) is 24.4 Å². The van der Waals surface area contributed by atoms with Crippen LogP contribution in [-0.2, 0) is 9.59 Å². The number of carbonyl (C=O) groups excluding carboxylic acids is 2. The van der Waals surface area contributed by atoms with Crippen molar-refractivity contribution in [3.8, 4) is 0 Å². The first-order chi connectivity index (χ1) is 12.4. The molecule has 0 saturated carbocycles. The maximum atomic E-state index is 13.7. The van der Waals surface area contributed by atoms with Gasteiger partial charge in [-0.3, -0.25) is 9.59 Å². The van der Waals surface area contributed by atoms with E-state index in [1.807, 2.05) is 12.1 Å². The third-order valence-electron chi connectivity index (χ3n) is 4.16. The molecule has 0 aromatic heterocycles. The number of fused-ring (bicyclic) bond motifs is 1. The SMILES string of the molecule is CC(=O)N1C=Cc2ccccc2C1CC(=O)Nc1ccc(F)c(F)c1F. The maximum Gasteiger partial charge on any atom is 0.226 e. The van der Waals surface area contributed by atoms with Crippen LogP contribution in [0.2, 0.25) is 0 Å². The molecule has 0 bridgehead atoms. The van der Waals surface area contributed by atoms with Crippen molar-refractivity contribution < 1.29 is 22.8 Å². The number of hydrogen-bond acceptors (Lipinski definition) is 2. The van der Waals surface area contributed by atoms with Crippen LogP contribution in [0.4, 0.5) is 18.9 Å². The van der Waals surface area contributed by atoms with Crippen LogP contribution in [0, 0.1) is 17.5 Å². The zero-order chi connectivity index (χ0) is 18.8. The van der Waals surface area contributed by atoms with Gasteiger partial charge in [0.15, 0.2) is 17.5 Å². The van der Waals surface area contributed by atoms with E-state index in [1.165, 1.54) is 11.8 Å². The molecule has 26 heavy (non-hydrogen) atoms. The third kappa shape index (κ3) is 3.33. The summed E-state index contributed by atoms with van der Waals surface area (Å²) in [4.78, 5) is 25.6. The maximum absolute atomic E-state index is 13.7. The highest BCUT2D eigenvalue weighted by Crippen LogP contribution is 2.33. The van der Waals surface area contributed by atoms with E-state index in [2.05, 4.69) is 5.32 Å². The molecule has 0 fully saturated rings. The first-order valence-corrected chi connectivity index (χ1v) is 7.88.